The highest BCUT2D eigenvalue weighted by Gasteiger charge is 2.23. The number of rotatable bonds is 2. The fourth-order valence-electron chi connectivity index (χ4n) is 7.30. The van der Waals surface area contributed by atoms with E-state index in [1.54, 1.807) is 0 Å². The van der Waals surface area contributed by atoms with Gasteiger partial charge in [-0.15, -0.1) is 0 Å². The van der Waals surface area contributed by atoms with Crippen molar-refractivity contribution in [2.24, 2.45) is 0 Å². The maximum absolute atomic E-state index is 4.72. The summed E-state index contributed by atoms with van der Waals surface area (Å²) in [6.45, 7) is 0. The summed E-state index contributed by atoms with van der Waals surface area (Å²) < 4.78 is 7.04. The van der Waals surface area contributed by atoms with Crippen LogP contribution >= 0.6 is 0 Å². The molecule has 0 fully saturated rings. The van der Waals surface area contributed by atoms with Gasteiger partial charge in [-0.05, 0) is 60.0 Å². The van der Waals surface area contributed by atoms with Gasteiger partial charge >= 0.3 is 0 Å². The van der Waals surface area contributed by atoms with Gasteiger partial charge in [0, 0.05) is 68.5 Å². The zero-order valence-electron chi connectivity index (χ0n) is 23.0. The average Bonchev–Trinajstić information content (AvgIpc) is 3.78. The highest BCUT2D eigenvalue weighted by atomic mass is 15.0. The Morgan fingerprint density at radius 3 is 1.93 bits per heavy atom. The largest absolute Gasteiger partial charge is 0.309 e. The standard InChI is InChI=1S/C38H23N5/c1-3-9-24(10-4-1)42-30-14-8-7-13-27(30)34-32(42)17-18-33-35(34)28-15-16-31-36(37(28)43(33)25-11-5-2-6-12-25)26-19-20-39-23-29(26)38-40-21-22-41(31)38/h1-23H. The van der Waals surface area contributed by atoms with E-state index in [4.69, 9.17) is 4.98 Å². The van der Waals surface area contributed by atoms with Crippen molar-refractivity contribution in [3.63, 3.8) is 0 Å². The molecule has 43 heavy (non-hydrogen) atoms. The molecule has 10 rings (SSSR count). The molecule has 0 amide bonds. The summed E-state index contributed by atoms with van der Waals surface area (Å²) in [7, 11) is 0. The lowest BCUT2D eigenvalue weighted by molar-refractivity contribution is 1.17. The Hall–Kier alpha value is -5.94. The minimum atomic E-state index is 0.922. The predicted molar refractivity (Wildman–Crippen MR) is 177 cm³/mol. The summed E-state index contributed by atoms with van der Waals surface area (Å²) in [6, 6.07) is 41.5. The molecule has 5 aromatic heterocycles. The highest BCUT2D eigenvalue weighted by Crippen LogP contribution is 2.45. The molecule has 10 aromatic rings. The fourth-order valence-corrected chi connectivity index (χ4v) is 7.30. The summed E-state index contributed by atoms with van der Waals surface area (Å²) in [4.78, 5) is 9.22. The van der Waals surface area contributed by atoms with Crippen molar-refractivity contribution in [2.45, 2.75) is 0 Å². The first-order valence-electron chi connectivity index (χ1n) is 14.5. The van der Waals surface area contributed by atoms with Crippen LogP contribution < -0.4 is 0 Å². The van der Waals surface area contributed by atoms with E-state index in [1.165, 1.54) is 49.0 Å². The van der Waals surface area contributed by atoms with Crippen LogP contribution in [0.3, 0.4) is 0 Å². The van der Waals surface area contributed by atoms with Crippen molar-refractivity contribution in [2.75, 3.05) is 0 Å². The first kappa shape index (κ1) is 22.7. The van der Waals surface area contributed by atoms with Gasteiger partial charge in [-0.3, -0.25) is 9.38 Å². The average molecular weight is 550 g/mol. The number of aromatic nitrogens is 5. The topological polar surface area (TPSA) is 40.1 Å². The number of hydrogen-bond acceptors (Lipinski definition) is 2. The SMILES string of the molecule is c1ccc(-n2c3ccccc3c3c4c5ccc6c(c7ccncc7c7nccn67)c5n(-c5ccccc5)c4ccc32)cc1. The molecule has 5 heteroatoms. The Kier molecular flexibility index (Phi) is 4.39. The molecule has 0 aliphatic heterocycles. The van der Waals surface area contributed by atoms with Crippen LogP contribution in [0.15, 0.2) is 140 Å². The first-order valence-corrected chi connectivity index (χ1v) is 14.5. The van der Waals surface area contributed by atoms with Crippen molar-refractivity contribution in [1.29, 1.82) is 0 Å². The molecule has 0 saturated heterocycles. The predicted octanol–water partition coefficient (Wildman–Crippen LogP) is 9.23. The van der Waals surface area contributed by atoms with E-state index >= 15 is 0 Å². The molecule has 0 aliphatic rings. The molecular formula is C38H23N5. The Labute approximate surface area is 245 Å². The number of pyridine rings is 2. The maximum Gasteiger partial charge on any atom is 0.146 e. The zero-order valence-corrected chi connectivity index (χ0v) is 23.0. The maximum atomic E-state index is 4.72. The van der Waals surface area contributed by atoms with Crippen LogP contribution in [-0.2, 0) is 0 Å². The smallest absolute Gasteiger partial charge is 0.146 e. The lowest BCUT2D eigenvalue weighted by Gasteiger charge is -2.13. The molecule has 5 nitrogen and oxygen atoms in total. The minimum absolute atomic E-state index is 0.922. The fraction of sp³-hybridized carbons (Fsp3) is 0. The molecule has 0 spiro atoms. The molecule has 0 unspecified atom stereocenters. The molecule has 0 aliphatic carbocycles. The lowest BCUT2D eigenvalue weighted by Crippen LogP contribution is -1.97. The molecule has 200 valence electrons. The molecule has 0 N–H and O–H groups in total. The van der Waals surface area contributed by atoms with Crippen molar-refractivity contribution >= 4 is 70.9 Å². The number of fused-ring (bicyclic) bond motifs is 14. The van der Waals surface area contributed by atoms with Gasteiger partial charge in [0.25, 0.3) is 0 Å². The minimum Gasteiger partial charge on any atom is -0.309 e. The first-order chi connectivity index (χ1) is 21.4. The van der Waals surface area contributed by atoms with Crippen molar-refractivity contribution < 1.29 is 0 Å². The van der Waals surface area contributed by atoms with E-state index in [9.17, 15) is 0 Å². The molecule has 5 aromatic carbocycles. The monoisotopic (exact) mass is 549 g/mol. The molecule has 5 heterocycles. The number of benzene rings is 5. The van der Waals surface area contributed by atoms with Crippen LogP contribution in [0, 0.1) is 0 Å². The molecule has 0 atom stereocenters. The van der Waals surface area contributed by atoms with Gasteiger partial charge in [-0.2, -0.15) is 0 Å². The summed E-state index contributed by atoms with van der Waals surface area (Å²) >= 11 is 0. The number of hydrogen-bond donors (Lipinski definition) is 0. The van der Waals surface area contributed by atoms with Crippen LogP contribution in [0.25, 0.3) is 82.3 Å². The Morgan fingerprint density at radius 2 is 1.12 bits per heavy atom. The van der Waals surface area contributed by atoms with Gasteiger partial charge in [-0.25, -0.2) is 4.98 Å². The van der Waals surface area contributed by atoms with E-state index in [0.717, 1.165) is 33.3 Å². The third kappa shape index (κ3) is 2.90. The molecular weight excluding hydrogens is 526 g/mol. The van der Waals surface area contributed by atoms with Gasteiger partial charge in [0.15, 0.2) is 0 Å². The van der Waals surface area contributed by atoms with Crippen LogP contribution in [0.1, 0.15) is 0 Å². The number of imidazole rings is 1. The normalized spacial score (nSPS) is 12.2. The second kappa shape index (κ2) is 8.30. The Morgan fingerprint density at radius 1 is 0.442 bits per heavy atom. The zero-order chi connectivity index (χ0) is 28.1. The quantitative estimate of drug-likeness (QED) is 0.202. The van der Waals surface area contributed by atoms with E-state index in [1.807, 2.05) is 18.6 Å². The molecule has 0 saturated carbocycles. The summed E-state index contributed by atoms with van der Waals surface area (Å²) in [6.07, 6.45) is 7.76. The van der Waals surface area contributed by atoms with Gasteiger partial charge in [-0.1, -0.05) is 60.7 Å². The van der Waals surface area contributed by atoms with E-state index in [-0.39, 0.29) is 0 Å². The van der Waals surface area contributed by atoms with Crippen LogP contribution in [0.4, 0.5) is 0 Å². The summed E-state index contributed by atoms with van der Waals surface area (Å²) in [5.41, 5.74) is 9.12. The van der Waals surface area contributed by atoms with Gasteiger partial charge in [0.2, 0.25) is 0 Å². The van der Waals surface area contributed by atoms with E-state index < -0.39 is 0 Å². The third-order valence-corrected chi connectivity index (χ3v) is 8.97. The number of para-hydroxylation sites is 3. The number of nitrogens with zero attached hydrogens (tertiary/aromatic N) is 5. The molecule has 0 bridgehead atoms. The van der Waals surface area contributed by atoms with Gasteiger partial charge < -0.3 is 9.13 Å². The van der Waals surface area contributed by atoms with Crippen LogP contribution in [-0.4, -0.2) is 23.5 Å². The lowest BCUT2D eigenvalue weighted by atomic mass is 10.0. The second-order valence-corrected chi connectivity index (χ2v) is 11.1. The third-order valence-electron chi connectivity index (χ3n) is 8.97. The van der Waals surface area contributed by atoms with Crippen molar-refractivity contribution in [3.05, 3.63) is 140 Å². The van der Waals surface area contributed by atoms with Crippen LogP contribution in [0.5, 0.6) is 0 Å². The summed E-state index contributed by atoms with van der Waals surface area (Å²) in [5.74, 6) is 0. The highest BCUT2D eigenvalue weighted by molar-refractivity contribution is 6.33. The van der Waals surface area contributed by atoms with Crippen molar-refractivity contribution in [1.82, 2.24) is 23.5 Å². The summed E-state index contributed by atoms with van der Waals surface area (Å²) in [5, 5.41) is 8.40. The van der Waals surface area contributed by atoms with Gasteiger partial charge in [0.05, 0.1) is 27.6 Å². The Bertz CT molecular complexity index is 2710. The van der Waals surface area contributed by atoms with Crippen LogP contribution in [0.2, 0.25) is 0 Å². The Balaban J connectivity index is 1.52. The molecule has 0 radical (unpaired) electrons. The second-order valence-electron chi connectivity index (χ2n) is 11.1. The van der Waals surface area contributed by atoms with Gasteiger partial charge in [0.1, 0.15) is 5.65 Å². The van der Waals surface area contributed by atoms with E-state index in [0.29, 0.717) is 0 Å². The van der Waals surface area contributed by atoms with E-state index in [2.05, 4.69) is 140 Å². The van der Waals surface area contributed by atoms with Crippen molar-refractivity contribution in [3.8, 4) is 11.4 Å².